The third kappa shape index (κ3) is 1.34. The molecule has 2 rings (SSSR count). The highest BCUT2D eigenvalue weighted by Crippen LogP contribution is 2.53. The third-order valence-electron chi connectivity index (χ3n) is 2.81. The summed E-state index contributed by atoms with van der Waals surface area (Å²) in [5.41, 5.74) is 0. The van der Waals surface area contributed by atoms with Crippen molar-refractivity contribution in [2.24, 2.45) is 5.92 Å². The largest absolute Gasteiger partial charge is 0.153 e. The van der Waals surface area contributed by atoms with Crippen LogP contribution in [0.1, 0.15) is 39.0 Å². The predicted octanol–water partition coefficient (Wildman–Crippen LogP) is 3.07. The van der Waals surface area contributed by atoms with Gasteiger partial charge in [0.2, 0.25) is 0 Å². The minimum absolute atomic E-state index is 1.10. The van der Waals surface area contributed by atoms with Gasteiger partial charge in [0, 0.05) is 10.5 Å². The average molecular weight is 156 g/mol. The zero-order valence-electron chi connectivity index (χ0n) is 6.68. The van der Waals surface area contributed by atoms with Crippen LogP contribution in [0.4, 0.5) is 0 Å². The Kier molecular flexibility index (Phi) is 1.94. The molecule has 1 aliphatic heterocycles. The van der Waals surface area contributed by atoms with Crippen molar-refractivity contribution in [3.8, 4) is 0 Å². The Labute approximate surface area is 67.8 Å². The second-order valence-corrected chi connectivity index (χ2v) is 5.16. The number of rotatable bonds is 2. The summed E-state index contributed by atoms with van der Waals surface area (Å²) < 4.78 is 0. The molecule has 0 aromatic heterocycles. The molecular formula is C9H16S. The molecule has 1 saturated carbocycles. The predicted molar refractivity (Wildman–Crippen MR) is 47.4 cm³/mol. The van der Waals surface area contributed by atoms with Gasteiger partial charge in [0.05, 0.1) is 0 Å². The molecule has 2 fully saturated rings. The van der Waals surface area contributed by atoms with Gasteiger partial charge in [-0.25, -0.2) is 0 Å². The molecule has 0 nitrogen and oxygen atoms in total. The van der Waals surface area contributed by atoms with E-state index in [4.69, 9.17) is 0 Å². The quantitative estimate of drug-likeness (QED) is 0.554. The van der Waals surface area contributed by atoms with Crippen LogP contribution < -0.4 is 0 Å². The first-order valence-corrected chi connectivity index (χ1v) is 5.50. The maximum absolute atomic E-state index is 2.31. The average Bonchev–Trinajstić information content (AvgIpc) is 2.66. The Morgan fingerprint density at radius 3 is 2.90 bits per heavy atom. The molecule has 1 heteroatoms. The number of hydrogen-bond acceptors (Lipinski definition) is 1. The van der Waals surface area contributed by atoms with E-state index in [1.807, 2.05) is 0 Å². The molecule has 1 saturated heterocycles. The third-order valence-corrected chi connectivity index (χ3v) is 4.28. The molecule has 10 heavy (non-hydrogen) atoms. The van der Waals surface area contributed by atoms with Crippen molar-refractivity contribution in [3.05, 3.63) is 0 Å². The van der Waals surface area contributed by atoms with E-state index in [0.29, 0.717) is 0 Å². The van der Waals surface area contributed by atoms with E-state index < -0.39 is 0 Å². The topological polar surface area (TPSA) is 0 Å². The monoisotopic (exact) mass is 156 g/mol. The molecule has 58 valence electrons. The molecule has 3 atom stereocenters. The van der Waals surface area contributed by atoms with Crippen LogP contribution in [0.5, 0.6) is 0 Å². The van der Waals surface area contributed by atoms with Gasteiger partial charge in [0.1, 0.15) is 0 Å². The number of hydrogen-bond donors (Lipinski definition) is 0. The summed E-state index contributed by atoms with van der Waals surface area (Å²) in [5.74, 6) is 1.10. The Morgan fingerprint density at radius 1 is 1.30 bits per heavy atom. The minimum Gasteiger partial charge on any atom is -0.153 e. The minimum atomic E-state index is 1.10. The van der Waals surface area contributed by atoms with Crippen LogP contribution in [0.25, 0.3) is 0 Å². The first-order chi connectivity index (χ1) is 4.90. The van der Waals surface area contributed by atoms with Gasteiger partial charge in [0.15, 0.2) is 0 Å². The molecule has 0 amide bonds. The summed E-state index contributed by atoms with van der Waals surface area (Å²) in [5, 5.41) is 2.21. The normalized spacial score (nSPS) is 44.7. The Bertz CT molecular complexity index is 122. The second kappa shape index (κ2) is 2.77. The van der Waals surface area contributed by atoms with E-state index in [2.05, 4.69) is 18.7 Å². The SMILES string of the molecule is CCCC1CCC2SC2C1. The molecule has 1 heterocycles. The molecule has 0 radical (unpaired) electrons. The Hall–Kier alpha value is 0.350. The Balaban J connectivity index is 1.77. The van der Waals surface area contributed by atoms with E-state index in [1.54, 1.807) is 6.42 Å². The molecule has 0 bridgehead atoms. The number of thioether (sulfide) groups is 1. The molecular weight excluding hydrogens is 140 g/mol. The summed E-state index contributed by atoms with van der Waals surface area (Å²) in [6.07, 6.45) is 7.49. The second-order valence-electron chi connectivity index (χ2n) is 3.68. The fourth-order valence-corrected chi connectivity index (χ4v) is 3.42. The van der Waals surface area contributed by atoms with Gasteiger partial charge < -0.3 is 0 Å². The highest BCUT2D eigenvalue weighted by molar-refractivity contribution is 8.07. The van der Waals surface area contributed by atoms with Crippen LogP contribution in [0, 0.1) is 5.92 Å². The van der Waals surface area contributed by atoms with Gasteiger partial charge in [-0.15, -0.1) is 0 Å². The van der Waals surface area contributed by atoms with Gasteiger partial charge in [0.25, 0.3) is 0 Å². The highest BCUT2D eigenvalue weighted by Gasteiger charge is 2.42. The van der Waals surface area contributed by atoms with Crippen LogP contribution in [0.3, 0.4) is 0 Å². The molecule has 0 aromatic carbocycles. The molecule has 2 aliphatic rings. The first-order valence-electron chi connectivity index (χ1n) is 4.55. The fraction of sp³-hybridized carbons (Fsp3) is 1.00. The summed E-state index contributed by atoms with van der Waals surface area (Å²) in [4.78, 5) is 0. The highest BCUT2D eigenvalue weighted by atomic mass is 32.2. The smallest absolute Gasteiger partial charge is 0.0172 e. The molecule has 0 N–H and O–H groups in total. The van der Waals surface area contributed by atoms with E-state index >= 15 is 0 Å². The zero-order valence-corrected chi connectivity index (χ0v) is 7.49. The van der Waals surface area contributed by atoms with Gasteiger partial charge in [-0.2, -0.15) is 11.8 Å². The van der Waals surface area contributed by atoms with Crippen molar-refractivity contribution in [3.63, 3.8) is 0 Å². The van der Waals surface area contributed by atoms with Crippen molar-refractivity contribution in [1.29, 1.82) is 0 Å². The molecule has 0 spiro atoms. The summed E-state index contributed by atoms with van der Waals surface area (Å²) in [7, 11) is 0. The van der Waals surface area contributed by atoms with Crippen LogP contribution in [0.2, 0.25) is 0 Å². The van der Waals surface area contributed by atoms with Crippen molar-refractivity contribution in [2.45, 2.75) is 49.5 Å². The molecule has 0 aromatic rings. The van der Waals surface area contributed by atoms with Crippen LogP contribution in [-0.2, 0) is 0 Å². The Morgan fingerprint density at radius 2 is 2.20 bits per heavy atom. The maximum Gasteiger partial charge on any atom is 0.0172 e. The van der Waals surface area contributed by atoms with Gasteiger partial charge in [-0.1, -0.05) is 19.8 Å². The first kappa shape index (κ1) is 7.02. The lowest BCUT2D eigenvalue weighted by atomic mass is 9.86. The summed E-state index contributed by atoms with van der Waals surface area (Å²) in [6.45, 7) is 2.31. The van der Waals surface area contributed by atoms with Crippen molar-refractivity contribution in [1.82, 2.24) is 0 Å². The standard InChI is InChI=1S/C9H16S/c1-2-3-7-4-5-8-9(6-7)10-8/h7-9H,2-6H2,1H3. The summed E-state index contributed by atoms with van der Waals surface area (Å²) >= 11 is 2.23. The maximum atomic E-state index is 2.31. The van der Waals surface area contributed by atoms with E-state index in [0.717, 1.165) is 16.4 Å². The van der Waals surface area contributed by atoms with E-state index in [9.17, 15) is 0 Å². The van der Waals surface area contributed by atoms with Crippen LogP contribution in [0.15, 0.2) is 0 Å². The lowest BCUT2D eigenvalue weighted by Gasteiger charge is -2.18. The van der Waals surface area contributed by atoms with Crippen molar-refractivity contribution in [2.75, 3.05) is 0 Å². The fourth-order valence-electron chi connectivity index (χ4n) is 2.16. The van der Waals surface area contributed by atoms with Crippen molar-refractivity contribution >= 4 is 11.8 Å². The molecule has 1 aliphatic carbocycles. The van der Waals surface area contributed by atoms with Gasteiger partial charge in [-0.3, -0.25) is 0 Å². The van der Waals surface area contributed by atoms with Gasteiger partial charge >= 0.3 is 0 Å². The van der Waals surface area contributed by atoms with E-state index in [-0.39, 0.29) is 0 Å². The lowest BCUT2D eigenvalue weighted by Crippen LogP contribution is -2.12. The van der Waals surface area contributed by atoms with E-state index in [1.165, 1.54) is 25.7 Å². The lowest BCUT2D eigenvalue weighted by molar-refractivity contribution is 0.370. The zero-order chi connectivity index (χ0) is 6.97. The van der Waals surface area contributed by atoms with Crippen LogP contribution in [-0.4, -0.2) is 10.5 Å². The number of fused-ring (bicyclic) bond motifs is 1. The summed E-state index contributed by atoms with van der Waals surface area (Å²) in [6, 6.07) is 0. The van der Waals surface area contributed by atoms with Crippen LogP contribution >= 0.6 is 11.8 Å². The molecule has 3 unspecified atom stereocenters. The van der Waals surface area contributed by atoms with Crippen molar-refractivity contribution < 1.29 is 0 Å². The van der Waals surface area contributed by atoms with Gasteiger partial charge in [-0.05, 0) is 25.2 Å².